The summed E-state index contributed by atoms with van der Waals surface area (Å²) in [5, 5.41) is 7.52. The van der Waals surface area contributed by atoms with Gasteiger partial charge in [0.05, 0.1) is 10.0 Å². The molecule has 3 N–H and O–H groups in total. The Morgan fingerprint density at radius 2 is 1.91 bits per heavy atom. The van der Waals surface area contributed by atoms with E-state index in [0.29, 0.717) is 22.3 Å². The average Bonchev–Trinajstić information content (AvgIpc) is 2.88. The van der Waals surface area contributed by atoms with Crippen LogP contribution in [0.15, 0.2) is 42.5 Å². The van der Waals surface area contributed by atoms with Gasteiger partial charge in [-0.1, -0.05) is 29.3 Å². The van der Waals surface area contributed by atoms with Crippen LogP contribution < -0.4 is 10.6 Å². The zero-order valence-corrected chi connectivity index (χ0v) is 13.9. The Labute approximate surface area is 143 Å². The number of aryl methyl sites for hydroxylation is 1. The molecule has 1 aromatic heterocycles. The lowest BCUT2D eigenvalue weighted by molar-refractivity contribution is 0.251. The lowest BCUT2D eigenvalue weighted by Crippen LogP contribution is -2.28. The highest BCUT2D eigenvalue weighted by atomic mass is 35.5. The fourth-order valence-electron chi connectivity index (χ4n) is 2.37. The predicted molar refractivity (Wildman–Crippen MR) is 95.4 cm³/mol. The molecule has 0 bridgehead atoms. The average molecular weight is 348 g/mol. The Balaban J connectivity index is 1.62. The summed E-state index contributed by atoms with van der Waals surface area (Å²) in [5.41, 5.74) is 3.82. The molecule has 118 valence electrons. The fourth-order valence-corrected chi connectivity index (χ4v) is 2.67. The van der Waals surface area contributed by atoms with Crippen molar-refractivity contribution >= 4 is 45.8 Å². The maximum absolute atomic E-state index is 11.9. The molecule has 0 radical (unpaired) electrons. The number of carbonyl (C=O) groups excluding carboxylic acids is 1. The van der Waals surface area contributed by atoms with Gasteiger partial charge < -0.3 is 15.6 Å². The van der Waals surface area contributed by atoms with Crippen molar-refractivity contribution in [3.63, 3.8) is 0 Å². The first-order valence-corrected chi connectivity index (χ1v) is 7.85. The molecule has 0 spiro atoms. The second-order valence-electron chi connectivity index (χ2n) is 5.31. The quantitative estimate of drug-likeness (QED) is 0.606. The summed E-state index contributed by atoms with van der Waals surface area (Å²) >= 11 is 11.8. The van der Waals surface area contributed by atoms with Gasteiger partial charge in [-0.3, -0.25) is 0 Å². The van der Waals surface area contributed by atoms with Gasteiger partial charge in [0.25, 0.3) is 0 Å². The molecule has 1 heterocycles. The number of aromatic amines is 1. The van der Waals surface area contributed by atoms with E-state index in [-0.39, 0.29) is 6.03 Å². The standard InChI is InChI=1S/C17H15Cl2N3O/c1-10-6-12-7-11(2-5-16(12)21-10)9-20-17(23)22-13-3-4-14(18)15(19)8-13/h2-8,21H,9H2,1H3,(H2,20,22,23). The SMILES string of the molecule is Cc1cc2cc(CNC(=O)Nc3ccc(Cl)c(Cl)c3)ccc2[nH]1. The molecular formula is C17H15Cl2N3O. The van der Waals surface area contributed by atoms with Gasteiger partial charge in [0.2, 0.25) is 0 Å². The second-order valence-corrected chi connectivity index (χ2v) is 6.12. The van der Waals surface area contributed by atoms with E-state index in [0.717, 1.165) is 22.2 Å². The normalized spacial score (nSPS) is 10.7. The topological polar surface area (TPSA) is 56.9 Å². The van der Waals surface area contributed by atoms with Crippen molar-refractivity contribution in [2.45, 2.75) is 13.5 Å². The van der Waals surface area contributed by atoms with Crippen LogP contribution in [-0.2, 0) is 6.54 Å². The number of fused-ring (bicyclic) bond motifs is 1. The minimum absolute atomic E-state index is 0.297. The first-order valence-electron chi connectivity index (χ1n) is 7.09. The Morgan fingerprint density at radius 1 is 1.09 bits per heavy atom. The molecule has 0 atom stereocenters. The molecule has 2 aromatic carbocycles. The molecule has 23 heavy (non-hydrogen) atoms. The van der Waals surface area contributed by atoms with E-state index in [1.165, 1.54) is 0 Å². The molecule has 0 saturated heterocycles. The summed E-state index contributed by atoms with van der Waals surface area (Å²) in [6, 6.07) is 12.8. The van der Waals surface area contributed by atoms with E-state index in [2.05, 4.69) is 27.8 Å². The molecule has 4 nitrogen and oxygen atoms in total. The van der Waals surface area contributed by atoms with Crippen molar-refractivity contribution in [1.29, 1.82) is 0 Å². The smallest absolute Gasteiger partial charge is 0.319 e. The van der Waals surface area contributed by atoms with Crippen LogP contribution in [0.25, 0.3) is 10.9 Å². The number of aromatic nitrogens is 1. The van der Waals surface area contributed by atoms with Crippen LogP contribution in [0.4, 0.5) is 10.5 Å². The van der Waals surface area contributed by atoms with E-state index in [4.69, 9.17) is 23.2 Å². The van der Waals surface area contributed by atoms with E-state index in [1.807, 2.05) is 19.1 Å². The summed E-state index contributed by atoms with van der Waals surface area (Å²) in [4.78, 5) is 15.2. The van der Waals surface area contributed by atoms with Crippen molar-refractivity contribution in [3.8, 4) is 0 Å². The minimum atomic E-state index is -0.297. The largest absolute Gasteiger partial charge is 0.359 e. The number of hydrogen-bond donors (Lipinski definition) is 3. The number of benzene rings is 2. The van der Waals surface area contributed by atoms with Crippen LogP contribution in [0.3, 0.4) is 0 Å². The van der Waals surface area contributed by atoms with Crippen LogP contribution >= 0.6 is 23.2 Å². The van der Waals surface area contributed by atoms with E-state index >= 15 is 0 Å². The Kier molecular flexibility index (Phi) is 4.46. The van der Waals surface area contributed by atoms with Crippen LogP contribution in [0.5, 0.6) is 0 Å². The maximum atomic E-state index is 11.9. The third-order valence-electron chi connectivity index (χ3n) is 3.45. The van der Waals surface area contributed by atoms with Crippen molar-refractivity contribution in [3.05, 3.63) is 63.8 Å². The summed E-state index contributed by atoms with van der Waals surface area (Å²) < 4.78 is 0. The number of rotatable bonds is 3. The number of carbonyl (C=O) groups is 1. The van der Waals surface area contributed by atoms with Crippen LogP contribution in [0.1, 0.15) is 11.3 Å². The molecule has 0 aliphatic heterocycles. The van der Waals surface area contributed by atoms with E-state index < -0.39 is 0 Å². The summed E-state index contributed by atoms with van der Waals surface area (Å²) in [7, 11) is 0. The zero-order chi connectivity index (χ0) is 16.4. The van der Waals surface area contributed by atoms with Crippen LogP contribution in [0, 0.1) is 6.92 Å². The highest BCUT2D eigenvalue weighted by Gasteiger charge is 2.05. The monoisotopic (exact) mass is 347 g/mol. The Bertz CT molecular complexity index is 873. The molecule has 3 aromatic rings. The third-order valence-corrected chi connectivity index (χ3v) is 4.19. The summed E-state index contributed by atoms with van der Waals surface area (Å²) in [6.07, 6.45) is 0. The first kappa shape index (κ1) is 15.7. The van der Waals surface area contributed by atoms with E-state index in [9.17, 15) is 4.79 Å². The van der Waals surface area contributed by atoms with Gasteiger partial charge in [-0.2, -0.15) is 0 Å². The number of hydrogen-bond acceptors (Lipinski definition) is 1. The number of halogens is 2. The number of urea groups is 1. The maximum Gasteiger partial charge on any atom is 0.319 e. The van der Waals surface area contributed by atoms with Crippen LogP contribution in [0.2, 0.25) is 10.0 Å². The molecule has 2 amide bonds. The lowest BCUT2D eigenvalue weighted by atomic mass is 10.1. The summed E-state index contributed by atoms with van der Waals surface area (Å²) in [6.45, 7) is 2.45. The highest BCUT2D eigenvalue weighted by Crippen LogP contribution is 2.25. The lowest BCUT2D eigenvalue weighted by Gasteiger charge is -2.08. The van der Waals surface area contributed by atoms with Crippen molar-refractivity contribution in [1.82, 2.24) is 10.3 Å². The molecule has 0 fully saturated rings. The van der Waals surface area contributed by atoms with Crippen LogP contribution in [-0.4, -0.2) is 11.0 Å². The van der Waals surface area contributed by atoms with Gasteiger partial charge in [-0.15, -0.1) is 0 Å². The van der Waals surface area contributed by atoms with Gasteiger partial charge in [0, 0.05) is 23.4 Å². The summed E-state index contributed by atoms with van der Waals surface area (Å²) in [5.74, 6) is 0. The highest BCUT2D eigenvalue weighted by molar-refractivity contribution is 6.42. The molecule has 0 saturated carbocycles. The Morgan fingerprint density at radius 3 is 2.70 bits per heavy atom. The second kappa shape index (κ2) is 6.52. The number of amides is 2. The molecule has 3 rings (SSSR count). The third kappa shape index (κ3) is 3.78. The minimum Gasteiger partial charge on any atom is -0.359 e. The van der Waals surface area contributed by atoms with Gasteiger partial charge >= 0.3 is 6.03 Å². The van der Waals surface area contributed by atoms with Gasteiger partial charge in [0.1, 0.15) is 0 Å². The van der Waals surface area contributed by atoms with Crippen molar-refractivity contribution < 1.29 is 4.79 Å². The first-order chi connectivity index (χ1) is 11.0. The Hall–Kier alpha value is -2.17. The number of anilines is 1. The molecular weight excluding hydrogens is 333 g/mol. The molecule has 0 aliphatic carbocycles. The van der Waals surface area contributed by atoms with Gasteiger partial charge in [0.15, 0.2) is 0 Å². The number of H-pyrrole nitrogens is 1. The van der Waals surface area contributed by atoms with Crippen molar-refractivity contribution in [2.24, 2.45) is 0 Å². The van der Waals surface area contributed by atoms with Gasteiger partial charge in [-0.25, -0.2) is 4.79 Å². The fraction of sp³-hybridized carbons (Fsp3) is 0.118. The van der Waals surface area contributed by atoms with E-state index in [1.54, 1.807) is 18.2 Å². The zero-order valence-electron chi connectivity index (χ0n) is 12.4. The molecule has 6 heteroatoms. The predicted octanol–water partition coefficient (Wildman–Crippen LogP) is 5.10. The van der Waals surface area contributed by atoms with Gasteiger partial charge in [-0.05, 0) is 54.3 Å². The molecule has 0 aliphatic rings. The number of nitrogens with one attached hydrogen (secondary N) is 3. The molecule has 0 unspecified atom stereocenters. The van der Waals surface area contributed by atoms with Crippen molar-refractivity contribution in [2.75, 3.05) is 5.32 Å².